The summed E-state index contributed by atoms with van der Waals surface area (Å²) in [7, 11) is -0.997. The van der Waals surface area contributed by atoms with Crippen molar-refractivity contribution in [2.45, 2.75) is 44.6 Å². The first-order chi connectivity index (χ1) is 16.1. The molecule has 0 radical (unpaired) electrons. The Morgan fingerprint density at radius 1 is 1.06 bits per heavy atom. The van der Waals surface area contributed by atoms with Crippen LogP contribution in [0.15, 0.2) is 41.3 Å². The number of amides is 2. The number of benzene rings is 2. The zero-order valence-electron chi connectivity index (χ0n) is 20.0. The average Bonchev–Trinajstić information content (AvgIpc) is 3.24. The predicted octanol–water partition coefficient (Wildman–Crippen LogP) is 2.94. The highest BCUT2D eigenvalue weighted by Crippen LogP contribution is 2.31. The Bertz CT molecular complexity index is 1160. The van der Waals surface area contributed by atoms with Gasteiger partial charge in [0.15, 0.2) is 0 Å². The van der Waals surface area contributed by atoms with Crippen molar-refractivity contribution in [3.8, 4) is 11.5 Å². The van der Waals surface area contributed by atoms with E-state index in [1.165, 1.54) is 20.3 Å². The zero-order valence-corrected chi connectivity index (χ0v) is 20.9. The summed E-state index contributed by atoms with van der Waals surface area (Å²) < 4.78 is 39.3. The van der Waals surface area contributed by atoms with E-state index >= 15 is 0 Å². The first-order valence-electron chi connectivity index (χ1n) is 11.1. The number of sulfonamides is 1. The Morgan fingerprint density at radius 3 is 2.26 bits per heavy atom. The molecule has 0 saturated heterocycles. The van der Waals surface area contributed by atoms with Crippen LogP contribution in [-0.4, -0.2) is 47.0 Å². The van der Waals surface area contributed by atoms with Crippen LogP contribution >= 0.6 is 0 Å². The van der Waals surface area contributed by atoms with Gasteiger partial charge in [0.05, 0.1) is 19.1 Å². The van der Waals surface area contributed by atoms with Crippen molar-refractivity contribution in [3.05, 3.63) is 42.0 Å². The van der Waals surface area contributed by atoms with Gasteiger partial charge in [-0.2, -0.15) is 4.72 Å². The van der Waals surface area contributed by atoms with Gasteiger partial charge in [0.1, 0.15) is 17.5 Å². The lowest BCUT2D eigenvalue weighted by molar-refractivity contribution is -0.119. The lowest BCUT2D eigenvalue weighted by Gasteiger charge is -2.22. The fraction of sp³-hybridized carbons (Fsp3) is 0.417. The van der Waals surface area contributed by atoms with Crippen molar-refractivity contribution in [2.75, 3.05) is 31.0 Å². The monoisotopic (exact) mass is 489 g/mol. The number of hydrogen-bond donors (Lipinski definition) is 2. The molecule has 2 amide bonds. The lowest BCUT2D eigenvalue weighted by atomic mass is 10.0. The maximum Gasteiger partial charge on any atom is 0.242 e. The molecule has 0 bridgehead atoms. The highest BCUT2D eigenvalue weighted by atomic mass is 32.2. The fourth-order valence-corrected chi connectivity index (χ4v) is 5.22. The number of nitrogens with one attached hydrogen (secondary N) is 2. The smallest absolute Gasteiger partial charge is 0.242 e. The summed E-state index contributed by atoms with van der Waals surface area (Å²) in [6.45, 7) is 5.84. The second-order valence-electron chi connectivity index (χ2n) is 8.37. The van der Waals surface area contributed by atoms with Gasteiger partial charge in [-0.1, -0.05) is 20.8 Å². The van der Waals surface area contributed by atoms with Gasteiger partial charge in [-0.25, -0.2) is 8.42 Å². The molecule has 9 nitrogen and oxygen atoms in total. The number of hydrogen-bond acceptors (Lipinski definition) is 6. The quantitative estimate of drug-likeness (QED) is 0.560. The minimum atomic E-state index is -4.00. The van der Waals surface area contributed by atoms with Crippen molar-refractivity contribution >= 4 is 33.2 Å². The van der Waals surface area contributed by atoms with Gasteiger partial charge in [0.2, 0.25) is 21.8 Å². The third-order valence-corrected chi connectivity index (χ3v) is 7.15. The molecule has 184 valence electrons. The third kappa shape index (κ3) is 5.51. The zero-order chi connectivity index (χ0) is 25.0. The summed E-state index contributed by atoms with van der Waals surface area (Å²) in [5.41, 5.74) is 1.94. The Balaban J connectivity index is 1.81. The standard InChI is InChI=1S/C24H31N3O6S/c1-6-22(28)27-10-9-16-11-20(7-8-21(16)27)34(30,31)26-23(15(2)3)24(29)25-17-12-18(32-4)14-19(13-17)33-5/h7-8,11-15,23,26H,6,9-10H2,1-5H3,(H,25,29)/t23-/m1/s1. The van der Waals surface area contributed by atoms with Crippen LogP contribution in [0.5, 0.6) is 11.5 Å². The van der Waals surface area contributed by atoms with Crippen molar-refractivity contribution in [1.82, 2.24) is 4.72 Å². The van der Waals surface area contributed by atoms with Gasteiger partial charge in [-0.15, -0.1) is 0 Å². The molecule has 1 atom stereocenters. The molecule has 1 aliphatic heterocycles. The molecule has 3 rings (SSSR count). The van der Waals surface area contributed by atoms with E-state index in [0.29, 0.717) is 36.6 Å². The fourth-order valence-electron chi connectivity index (χ4n) is 3.82. The van der Waals surface area contributed by atoms with Crippen LogP contribution in [0.4, 0.5) is 11.4 Å². The summed E-state index contributed by atoms with van der Waals surface area (Å²) >= 11 is 0. The van der Waals surface area contributed by atoms with Crippen LogP contribution in [0.3, 0.4) is 0 Å². The van der Waals surface area contributed by atoms with Crippen LogP contribution < -0.4 is 24.4 Å². The molecule has 2 aromatic rings. The molecule has 0 spiro atoms. The molecule has 1 heterocycles. The maximum absolute atomic E-state index is 13.2. The Kier molecular flexibility index (Phi) is 7.83. The first kappa shape index (κ1) is 25.5. The SMILES string of the molecule is CCC(=O)N1CCc2cc(S(=O)(=O)N[C@@H](C(=O)Nc3cc(OC)cc(OC)c3)C(C)C)ccc21. The Hall–Kier alpha value is -3.11. The van der Waals surface area contributed by atoms with Crippen LogP contribution in [0.25, 0.3) is 0 Å². The van der Waals surface area contributed by atoms with E-state index in [1.54, 1.807) is 56.0 Å². The minimum Gasteiger partial charge on any atom is -0.497 e. The van der Waals surface area contributed by atoms with Gasteiger partial charge in [-0.3, -0.25) is 9.59 Å². The Morgan fingerprint density at radius 2 is 1.71 bits per heavy atom. The van der Waals surface area contributed by atoms with E-state index in [1.807, 2.05) is 0 Å². The number of methoxy groups -OCH3 is 2. The predicted molar refractivity (Wildman–Crippen MR) is 130 cm³/mol. The highest BCUT2D eigenvalue weighted by Gasteiger charge is 2.30. The summed E-state index contributed by atoms with van der Waals surface area (Å²) in [5.74, 6) is 0.150. The minimum absolute atomic E-state index is 0.00167. The molecule has 2 N–H and O–H groups in total. The van der Waals surface area contributed by atoms with Crippen molar-refractivity contribution in [1.29, 1.82) is 0 Å². The van der Waals surface area contributed by atoms with E-state index in [2.05, 4.69) is 10.0 Å². The lowest BCUT2D eigenvalue weighted by Crippen LogP contribution is -2.47. The van der Waals surface area contributed by atoms with E-state index in [-0.39, 0.29) is 16.7 Å². The molecule has 0 aliphatic carbocycles. The molecule has 0 aromatic heterocycles. The first-order valence-corrected chi connectivity index (χ1v) is 12.6. The Labute approximate surface area is 200 Å². The number of anilines is 2. The van der Waals surface area contributed by atoms with Gasteiger partial charge < -0.3 is 19.7 Å². The van der Waals surface area contributed by atoms with Gasteiger partial charge >= 0.3 is 0 Å². The summed E-state index contributed by atoms with van der Waals surface area (Å²) in [6.07, 6.45) is 0.960. The van der Waals surface area contributed by atoms with E-state index in [0.717, 1.165) is 11.3 Å². The number of rotatable bonds is 9. The number of nitrogens with zero attached hydrogens (tertiary/aromatic N) is 1. The number of fused-ring (bicyclic) bond motifs is 1. The normalized spacial score (nSPS) is 14.0. The van der Waals surface area contributed by atoms with Gasteiger partial charge in [0.25, 0.3) is 0 Å². The largest absolute Gasteiger partial charge is 0.497 e. The van der Waals surface area contributed by atoms with Gasteiger partial charge in [0, 0.05) is 42.5 Å². The topological polar surface area (TPSA) is 114 Å². The van der Waals surface area contributed by atoms with Gasteiger partial charge in [-0.05, 0) is 36.1 Å². The maximum atomic E-state index is 13.2. The summed E-state index contributed by atoms with van der Waals surface area (Å²) in [4.78, 5) is 26.9. The molecule has 0 unspecified atom stereocenters. The van der Waals surface area contributed by atoms with Crippen LogP contribution in [0, 0.1) is 5.92 Å². The van der Waals surface area contributed by atoms with E-state index < -0.39 is 22.0 Å². The molecule has 0 fully saturated rings. The number of ether oxygens (including phenoxy) is 2. The van der Waals surface area contributed by atoms with Crippen LogP contribution in [0.1, 0.15) is 32.8 Å². The molecular weight excluding hydrogens is 458 g/mol. The third-order valence-electron chi connectivity index (χ3n) is 5.71. The molecule has 34 heavy (non-hydrogen) atoms. The average molecular weight is 490 g/mol. The number of carbonyl (C=O) groups excluding carboxylic acids is 2. The summed E-state index contributed by atoms with van der Waals surface area (Å²) in [5, 5.41) is 2.74. The van der Waals surface area contributed by atoms with Crippen molar-refractivity contribution < 1.29 is 27.5 Å². The molecule has 2 aromatic carbocycles. The van der Waals surface area contributed by atoms with Crippen molar-refractivity contribution in [2.24, 2.45) is 5.92 Å². The molecule has 0 saturated carbocycles. The van der Waals surface area contributed by atoms with Crippen LogP contribution in [-0.2, 0) is 26.0 Å². The number of carbonyl (C=O) groups is 2. The summed E-state index contributed by atoms with van der Waals surface area (Å²) in [6, 6.07) is 8.58. The molecule has 10 heteroatoms. The van der Waals surface area contributed by atoms with E-state index in [9.17, 15) is 18.0 Å². The van der Waals surface area contributed by atoms with Crippen LogP contribution in [0.2, 0.25) is 0 Å². The molecular formula is C24H31N3O6S. The second kappa shape index (κ2) is 10.4. The van der Waals surface area contributed by atoms with Crippen molar-refractivity contribution in [3.63, 3.8) is 0 Å². The highest BCUT2D eigenvalue weighted by molar-refractivity contribution is 7.89. The molecule has 1 aliphatic rings. The van der Waals surface area contributed by atoms with E-state index in [4.69, 9.17) is 9.47 Å². The second-order valence-corrected chi connectivity index (χ2v) is 10.1.